The molecule has 1 nitrogen and oxygen atoms in total. The fraction of sp³-hybridized carbons (Fsp3) is 0.778. The van der Waals surface area contributed by atoms with E-state index in [9.17, 15) is 5.11 Å². The summed E-state index contributed by atoms with van der Waals surface area (Å²) in [6.45, 7) is 3.64. The zero-order valence-electron chi connectivity index (χ0n) is 6.06. The Hall–Kier alpha value is -0.460. The number of allylic oxidation sites excluding steroid dienone is 1. The molecule has 0 aromatic rings. The van der Waals surface area contributed by atoms with E-state index in [4.69, 9.17) is 0 Å². The second kappa shape index (κ2) is 1.05. The van der Waals surface area contributed by atoms with Gasteiger partial charge in [0.1, 0.15) is 0 Å². The summed E-state index contributed by atoms with van der Waals surface area (Å²) in [5, 5.41) is 9.25. The Morgan fingerprint density at radius 1 is 1.20 bits per heavy atom. The molecule has 0 radical (unpaired) electrons. The molecule has 2 spiro atoms. The largest absolute Gasteiger partial charge is 0.513 e. The van der Waals surface area contributed by atoms with Crippen LogP contribution in [-0.4, -0.2) is 5.11 Å². The second-order valence-electron chi connectivity index (χ2n) is 4.24. The molecule has 0 saturated heterocycles. The first-order valence-corrected chi connectivity index (χ1v) is 4.11. The summed E-state index contributed by atoms with van der Waals surface area (Å²) in [5.74, 6) is 0.981. The van der Waals surface area contributed by atoms with Crippen molar-refractivity contribution in [1.29, 1.82) is 0 Å². The average Bonchev–Trinajstić information content (AvgIpc) is 2.59. The summed E-state index contributed by atoms with van der Waals surface area (Å²) in [6.07, 6.45) is 5.43. The van der Waals surface area contributed by atoms with Crippen LogP contribution in [0.2, 0.25) is 0 Å². The van der Waals surface area contributed by atoms with Crippen LogP contribution in [0, 0.1) is 16.7 Å². The number of aliphatic hydroxyl groups excluding tert-OH is 1. The standard InChI is InChI=1S/C9H12O/c1-6(10)7-8(2-3-8)9(7)4-5-9/h7,10H,1-5H2. The summed E-state index contributed by atoms with van der Waals surface area (Å²) < 4.78 is 0. The maximum atomic E-state index is 9.25. The zero-order valence-corrected chi connectivity index (χ0v) is 6.06. The molecule has 1 N–H and O–H groups in total. The first-order chi connectivity index (χ1) is 4.73. The molecule has 3 rings (SSSR count). The molecule has 54 valence electrons. The van der Waals surface area contributed by atoms with E-state index in [1.54, 1.807) is 0 Å². The van der Waals surface area contributed by atoms with Gasteiger partial charge in [-0.15, -0.1) is 0 Å². The molecule has 0 aromatic heterocycles. The van der Waals surface area contributed by atoms with Crippen molar-refractivity contribution in [3.63, 3.8) is 0 Å². The van der Waals surface area contributed by atoms with Crippen molar-refractivity contribution in [3.05, 3.63) is 12.3 Å². The van der Waals surface area contributed by atoms with Crippen molar-refractivity contribution in [2.75, 3.05) is 0 Å². The monoisotopic (exact) mass is 136 g/mol. The highest BCUT2D eigenvalue weighted by Gasteiger charge is 2.87. The van der Waals surface area contributed by atoms with Crippen molar-refractivity contribution in [1.82, 2.24) is 0 Å². The number of rotatable bonds is 1. The first-order valence-electron chi connectivity index (χ1n) is 4.11. The highest BCUT2D eigenvalue weighted by atomic mass is 16.3. The minimum absolute atomic E-state index is 0.468. The van der Waals surface area contributed by atoms with Gasteiger partial charge in [-0.2, -0.15) is 0 Å². The van der Waals surface area contributed by atoms with E-state index in [1.807, 2.05) is 0 Å². The lowest BCUT2D eigenvalue weighted by molar-refractivity contribution is 0.367. The fourth-order valence-corrected chi connectivity index (χ4v) is 3.22. The molecule has 3 aliphatic carbocycles. The van der Waals surface area contributed by atoms with E-state index >= 15 is 0 Å². The Bertz CT molecular complexity index is 203. The van der Waals surface area contributed by atoms with Gasteiger partial charge in [0, 0.05) is 5.92 Å². The second-order valence-corrected chi connectivity index (χ2v) is 4.24. The molecule has 3 saturated carbocycles. The van der Waals surface area contributed by atoms with E-state index in [0.717, 1.165) is 0 Å². The third-order valence-electron chi connectivity index (χ3n) is 3.92. The van der Waals surface area contributed by atoms with Crippen molar-refractivity contribution >= 4 is 0 Å². The summed E-state index contributed by atoms with van der Waals surface area (Å²) in [6, 6.07) is 0. The molecule has 0 heterocycles. The van der Waals surface area contributed by atoms with E-state index < -0.39 is 0 Å². The number of hydrogen-bond donors (Lipinski definition) is 1. The SMILES string of the molecule is C=C(O)C1C2(CC2)C12CC2. The van der Waals surface area contributed by atoms with Crippen molar-refractivity contribution in [2.24, 2.45) is 16.7 Å². The van der Waals surface area contributed by atoms with Crippen LogP contribution >= 0.6 is 0 Å². The van der Waals surface area contributed by atoms with Crippen LogP contribution < -0.4 is 0 Å². The minimum atomic E-state index is 0.468. The van der Waals surface area contributed by atoms with Crippen LogP contribution in [0.25, 0.3) is 0 Å². The predicted octanol–water partition coefficient (Wildman–Crippen LogP) is 2.25. The van der Waals surface area contributed by atoms with Gasteiger partial charge in [-0.3, -0.25) is 0 Å². The van der Waals surface area contributed by atoms with Gasteiger partial charge in [0.25, 0.3) is 0 Å². The maximum absolute atomic E-state index is 9.25. The van der Waals surface area contributed by atoms with Gasteiger partial charge in [0.2, 0.25) is 0 Å². The summed E-state index contributed by atoms with van der Waals surface area (Å²) >= 11 is 0. The topological polar surface area (TPSA) is 20.2 Å². The molecular weight excluding hydrogens is 124 g/mol. The molecule has 1 heteroatoms. The van der Waals surface area contributed by atoms with E-state index in [0.29, 0.717) is 22.5 Å². The van der Waals surface area contributed by atoms with Gasteiger partial charge in [0.05, 0.1) is 5.76 Å². The van der Waals surface area contributed by atoms with Gasteiger partial charge in [0.15, 0.2) is 0 Å². The maximum Gasteiger partial charge on any atom is 0.0893 e. The average molecular weight is 136 g/mol. The lowest BCUT2D eigenvalue weighted by Gasteiger charge is -1.90. The Balaban J connectivity index is 1.97. The number of hydrogen-bond acceptors (Lipinski definition) is 1. The summed E-state index contributed by atoms with van der Waals surface area (Å²) in [4.78, 5) is 0. The molecule has 3 aliphatic rings. The Morgan fingerprint density at radius 2 is 1.60 bits per heavy atom. The molecule has 0 aromatic carbocycles. The highest BCUT2D eigenvalue weighted by Crippen LogP contribution is 2.93. The number of aliphatic hydroxyl groups is 1. The van der Waals surface area contributed by atoms with Crippen LogP contribution in [0.3, 0.4) is 0 Å². The molecular formula is C9H12O. The lowest BCUT2D eigenvalue weighted by atomic mass is 10.3. The molecule has 0 atom stereocenters. The van der Waals surface area contributed by atoms with E-state index in [-0.39, 0.29) is 0 Å². The molecule has 0 amide bonds. The molecule has 0 unspecified atom stereocenters. The summed E-state index contributed by atoms with van der Waals surface area (Å²) in [7, 11) is 0. The molecule has 0 aliphatic heterocycles. The van der Waals surface area contributed by atoms with Crippen molar-refractivity contribution in [3.8, 4) is 0 Å². The molecule has 3 fully saturated rings. The van der Waals surface area contributed by atoms with Gasteiger partial charge >= 0.3 is 0 Å². The van der Waals surface area contributed by atoms with Crippen LogP contribution in [0.4, 0.5) is 0 Å². The highest BCUT2D eigenvalue weighted by molar-refractivity contribution is 5.39. The van der Waals surface area contributed by atoms with Gasteiger partial charge in [-0.1, -0.05) is 6.58 Å². The Kier molecular flexibility index (Phi) is 0.547. The van der Waals surface area contributed by atoms with Crippen LogP contribution in [0.15, 0.2) is 12.3 Å². The van der Waals surface area contributed by atoms with Gasteiger partial charge in [-0.25, -0.2) is 0 Å². The quantitative estimate of drug-likeness (QED) is 0.548. The Labute approximate surface area is 60.7 Å². The summed E-state index contributed by atoms with van der Waals surface area (Å²) in [5.41, 5.74) is 1.19. The predicted molar refractivity (Wildman–Crippen MR) is 38.6 cm³/mol. The zero-order chi connectivity index (χ0) is 6.98. The third kappa shape index (κ3) is 0.305. The molecule has 10 heavy (non-hydrogen) atoms. The van der Waals surface area contributed by atoms with Crippen molar-refractivity contribution < 1.29 is 5.11 Å². The normalized spacial score (nSPS) is 41.8. The van der Waals surface area contributed by atoms with Crippen LogP contribution in [0.5, 0.6) is 0 Å². The van der Waals surface area contributed by atoms with E-state index in [1.165, 1.54) is 25.7 Å². The number of fused-ring (bicyclic) bond motifs is 1. The third-order valence-corrected chi connectivity index (χ3v) is 3.92. The minimum Gasteiger partial charge on any atom is -0.513 e. The van der Waals surface area contributed by atoms with Crippen LogP contribution in [-0.2, 0) is 0 Å². The van der Waals surface area contributed by atoms with Gasteiger partial charge in [-0.05, 0) is 36.5 Å². The van der Waals surface area contributed by atoms with Crippen molar-refractivity contribution in [2.45, 2.75) is 25.7 Å². The van der Waals surface area contributed by atoms with Gasteiger partial charge < -0.3 is 5.11 Å². The fourth-order valence-electron chi connectivity index (χ4n) is 3.22. The van der Waals surface area contributed by atoms with Crippen LogP contribution in [0.1, 0.15) is 25.7 Å². The smallest absolute Gasteiger partial charge is 0.0893 e. The first kappa shape index (κ1) is 5.22. The lowest BCUT2D eigenvalue weighted by Crippen LogP contribution is -1.84. The molecule has 0 bridgehead atoms. The van der Waals surface area contributed by atoms with E-state index in [2.05, 4.69) is 6.58 Å². The Morgan fingerprint density at radius 3 is 1.70 bits per heavy atom.